The van der Waals surface area contributed by atoms with Gasteiger partial charge in [-0.05, 0) is 44.9 Å². The molecular formula is C16H24N2O. The normalized spacial score (nSPS) is 23.1. The van der Waals surface area contributed by atoms with Crippen LogP contribution in [0.3, 0.4) is 0 Å². The highest BCUT2D eigenvalue weighted by Gasteiger charge is 2.28. The zero-order valence-corrected chi connectivity index (χ0v) is 12.1. The van der Waals surface area contributed by atoms with Crippen molar-refractivity contribution in [3.8, 4) is 0 Å². The molecule has 0 radical (unpaired) electrons. The number of nitrogens with zero attached hydrogens (tertiary/aromatic N) is 1. The molecule has 0 spiro atoms. The third-order valence-corrected chi connectivity index (χ3v) is 3.85. The Morgan fingerprint density at radius 3 is 2.58 bits per heavy atom. The number of amides is 1. The Kier molecular flexibility index (Phi) is 4.59. The predicted molar refractivity (Wildman–Crippen MR) is 79.3 cm³/mol. The van der Waals surface area contributed by atoms with E-state index in [0.717, 1.165) is 31.7 Å². The van der Waals surface area contributed by atoms with E-state index in [1.165, 1.54) is 5.56 Å². The molecule has 0 saturated carbocycles. The van der Waals surface area contributed by atoms with Gasteiger partial charge in [0.25, 0.3) is 0 Å². The molecule has 3 heteroatoms. The number of anilines is 1. The van der Waals surface area contributed by atoms with Crippen molar-refractivity contribution in [3.63, 3.8) is 0 Å². The van der Waals surface area contributed by atoms with E-state index in [1.807, 2.05) is 24.0 Å². The van der Waals surface area contributed by atoms with Crippen LogP contribution in [0.5, 0.6) is 0 Å². The second-order valence-electron chi connectivity index (χ2n) is 5.61. The maximum Gasteiger partial charge on any atom is 0.231 e. The summed E-state index contributed by atoms with van der Waals surface area (Å²) in [6.45, 7) is 8.87. The van der Waals surface area contributed by atoms with Crippen LogP contribution >= 0.6 is 0 Å². The average Bonchev–Trinajstić information content (AvgIpc) is 2.41. The van der Waals surface area contributed by atoms with Gasteiger partial charge in [-0.1, -0.05) is 24.6 Å². The summed E-state index contributed by atoms with van der Waals surface area (Å²) in [5.41, 5.74) is 2.23. The average molecular weight is 260 g/mol. The Labute approximate surface area is 116 Å². The Morgan fingerprint density at radius 2 is 2.00 bits per heavy atom. The number of carbonyl (C=O) groups excluding carboxylic acids is 1. The molecule has 1 N–H and O–H groups in total. The van der Waals surface area contributed by atoms with E-state index in [1.54, 1.807) is 0 Å². The molecule has 2 rings (SSSR count). The van der Waals surface area contributed by atoms with E-state index < -0.39 is 0 Å². The quantitative estimate of drug-likeness (QED) is 0.906. The van der Waals surface area contributed by atoms with Crippen molar-refractivity contribution in [2.75, 3.05) is 24.5 Å². The van der Waals surface area contributed by atoms with Gasteiger partial charge in [-0.2, -0.15) is 0 Å². The lowest BCUT2D eigenvalue weighted by Gasteiger charge is -2.31. The molecule has 0 aromatic heterocycles. The molecule has 0 aliphatic carbocycles. The molecule has 2 atom stereocenters. The highest BCUT2D eigenvalue weighted by molar-refractivity contribution is 5.95. The Bertz CT molecular complexity index is 427. The number of rotatable bonds is 3. The SMILES string of the molecule is CCN(C(=O)C1CNCC(C)C1)c1ccc(C)cc1. The molecular weight excluding hydrogens is 236 g/mol. The Morgan fingerprint density at radius 1 is 1.32 bits per heavy atom. The van der Waals surface area contributed by atoms with Crippen molar-refractivity contribution in [2.24, 2.45) is 11.8 Å². The molecule has 104 valence electrons. The van der Waals surface area contributed by atoms with E-state index in [9.17, 15) is 4.79 Å². The van der Waals surface area contributed by atoms with Gasteiger partial charge >= 0.3 is 0 Å². The number of hydrogen-bond acceptors (Lipinski definition) is 2. The Hall–Kier alpha value is -1.35. The maximum absolute atomic E-state index is 12.6. The van der Waals surface area contributed by atoms with E-state index in [-0.39, 0.29) is 11.8 Å². The van der Waals surface area contributed by atoms with Crippen LogP contribution in [-0.2, 0) is 4.79 Å². The summed E-state index contributed by atoms with van der Waals surface area (Å²) < 4.78 is 0. The van der Waals surface area contributed by atoms with Crippen LogP contribution in [0.4, 0.5) is 5.69 Å². The van der Waals surface area contributed by atoms with Crippen molar-refractivity contribution < 1.29 is 4.79 Å². The highest BCUT2D eigenvalue weighted by Crippen LogP contribution is 2.22. The third kappa shape index (κ3) is 3.35. The lowest BCUT2D eigenvalue weighted by atomic mass is 9.90. The molecule has 3 nitrogen and oxygen atoms in total. The molecule has 1 saturated heterocycles. The van der Waals surface area contributed by atoms with Crippen LogP contribution in [0.2, 0.25) is 0 Å². The van der Waals surface area contributed by atoms with Crippen molar-refractivity contribution >= 4 is 11.6 Å². The van der Waals surface area contributed by atoms with E-state index >= 15 is 0 Å². The van der Waals surface area contributed by atoms with E-state index in [2.05, 4.69) is 31.3 Å². The summed E-state index contributed by atoms with van der Waals surface area (Å²) in [5.74, 6) is 0.954. The van der Waals surface area contributed by atoms with Gasteiger partial charge in [0.15, 0.2) is 0 Å². The summed E-state index contributed by atoms with van der Waals surface area (Å²) >= 11 is 0. The number of piperidine rings is 1. The van der Waals surface area contributed by atoms with Gasteiger partial charge in [0, 0.05) is 18.8 Å². The van der Waals surface area contributed by atoms with Crippen molar-refractivity contribution in [1.82, 2.24) is 5.32 Å². The second-order valence-corrected chi connectivity index (χ2v) is 5.61. The summed E-state index contributed by atoms with van der Waals surface area (Å²) in [6, 6.07) is 8.20. The van der Waals surface area contributed by atoms with Crippen molar-refractivity contribution in [1.29, 1.82) is 0 Å². The molecule has 1 heterocycles. The number of carbonyl (C=O) groups is 1. The van der Waals surface area contributed by atoms with Crippen LogP contribution in [0, 0.1) is 18.8 Å². The van der Waals surface area contributed by atoms with Crippen molar-refractivity contribution in [3.05, 3.63) is 29.8 Å². The molecule has 1 aromatic carbocycles. The van der Waals surface area contributed by atoms with Gasteiger partial charge in [-0.25, -0.2) is 0 Å². The molecule has 1 amide bonds. The fourth-order valence-corrected chi connectivity index (χ4v) is 2.76. The zero-order valence-electron chi connectivity index (χ0n) is 12.1. The molecule has 19 heavy (non-hydrogen) atoms. The summed E-state index contributed by atoms with van der Waals surface area (Å²) in [6.07, 6.45) is 0.994. The Balaban J connectivity index is 2.12. The largest absolute Gasteiger partial charge is 0.316 e. The zero-order chi connectivity index (χ0) is 13.8. The highest BCUT2D eigenvalue weighted by atomic mass is 16.2. The minimum atomic E-state index is 0.116. The number of nitrogens with one attached hydrogen (secondary N) is 1. The van der Waals surface area contributed by atoms with Gasteiger partial charge < -0.3 is 10.2 Å². The fraction of sp³-hybridized carbons (Fsp3) is 0.562. The third-order valence-electron chi connectivity index (χ3n) is 3.85. The van der Waals surface area contributed by atoms with Crippen LogP contribution in [0.1, 0.15) is 25.8 Å². The number of aryl methyl sites for hydroxylation is 1. The molecule has 0 bridgehead atoms. The summed E-state index contributed by atoms with van der Waals surface area (Å²) in [5, 5.41) is 3.36. The first-order chi connectivity index (χ1) is 9.11. The summed E-state index contributed by atoms with van der Waals surface area (Å²) in [4.78, 5) is 14.6. The minimum absolute atomic E-state index is 0.116. The van der Waals surface area contributed by atoms with Crippen LogP contribution < -0.4 is 10.2 Å². The first-order valence-corrected chi connectivity index (χ1v) is 7.20. The van der Waals surface area contributed by atoms with Crippen LogP contribution in [0.25, 0.3) is 0 Å². The maximum atomic E-state index is 12.6. The first-order valence-electron chi connectivity index (χ1n) is 7.20. The monoisotopic (exact) mass is 260 g/mol. The lowest BCUT2D eigenvalue weighted by Crippen LogP contribution is -2.45. The van der Waals surface area contributed by atoms with E-state index in [0.29, 0.717) is 5.92 Å². The van der Waals surface area contributed by atoms with Gasteiger partial charge in [0.2, 0.25) is 5.91 Å². The molecule has 1 aliphatic heterocycles. The lowest BCUT2D eigenvalue weighted by molar-refractivity contribution is -0.123. The van der Waals surface area contributed by atoms with E-state index in [4.69, 9.17) is 0 Å². The van der Waals surface area contributed by atoms with Crippen LogP contribution in [-0.4, -0.2) is 25.5 Å². The topological polar surface area (TPSA) is 32.3 Å². The standard InChI is InChI=1S/C16H24N2O/c1-4-18(15-7-5-12(2)6-8-15)16(19)14-9-13(3)10-17-11-14/h5-8,13-14,17H,4,9-11H2,1-3H3. The molecule has 2 unspecified atom stereocenters. The van der Waals surface area contributed by atoms with Gasteiger partial charge in [0.05, 0.1) is 5.92 Å². The van der Waals surface area contributed by atoms with Gasteiger partial charge in [0.1, 0.15) is 0 Å². The minimum Gasteiger partial charge on any atom is -0.316 e. The predicted octanol–water partition coefficient (Wildman–Crippen LogP) is 2.59. The van der Waals surface area contributed by atoms with Crippen LogP contribution in [0.15, 0.2) is 24.3 Å². The van der Waals surface area contributed by atoms with Crippen molar-refractivity contribution in [2.45, 2.75) is 27.2 Å². The summed E-state index contributed by atoms with van der Waals surface area (Å²) in [7, 11) is 0. The van der Waals surface area contributed by atoms with Gasteiger partial charge in [-0.15, -0.1) is 0 Å². The first kappa shape index (κ1) is 14.1. The number of hydrogen-bond donors (Lipinski definition) is 1. The smallest absolute Gasteiger partial charge is 0.231 e. The molecule has 1 aromatic rings. The molecule has 1 fully saturated rings. The molecule has 1 aliphatic rings. The second kappa shape index (κ2) is 6.20. The van der Waals surface area contributed by atoms with Gasteiger partial charge in [-0.3, -0.25) is 4.79 Å². The number of benzene rings is 1. The fourth-order valence-electron chi connectivity index (χ4n) is 2.76.